The summed E-state index contributed by atoms with van der Waals surface area (Å²) in [5, 5.41) is 2.51. The van der Waals surface area contributed by atoms with Gasteiger partial charge in [0.2, 0.25) is 0 Å². The van der Waals surface area contributed by atoms with Crippen LogP contribution in [0.1, 0.15) is 49.3 Å². The van der Waals surface area contributed by atoms with E-state index in [1.54, 1.807) is 52.0 Å². The zero-order chi connectivity index (χ0) is 28.1. The molecule has 1 saturated heterocycles. The second-order valence-electron chi connectivity index (χ2n) is 9.17. The molecule has 10 nitrogen and oxygen atoms in total. The lowest BCUT2D eigenvalue weighted by Gasteiger charge is -2.27. The molecule has 1 aromatic carbocycles. The van der Waals surface area contributed by atoms with Gasteiger partial charge in [-0.2, -0.15) is 0 Å². The van der Waals surface area contributed by atoms with Crippen LogP contribution in [0, 0.1) is 12.8 Å². The van der Waals surface area contributed by atoms with E-state index in [4.69, 9.17) is 25.8 Å². The van der Waals surface area contributed by atoms with Crippen LogP contribution in [0.15, 0.2) is 46.8 Å². The molecular weight excluding hydrogens is 516 g/mol. The third kappa shape index (κ3) is 6.49. The zero-order valence-corrected chi connectivity index (χ0v) is 22.4. The summed E-state index contributed by atoms with van der Waals surface area (Å²) in [6.07, 6.45) is -2.41. The summed E-state index contributed by atoms with van der Waals surface area (Å²) in [6.45, 7) is 7.36. The van der Waals surface area contributed by atoms with Crippen molar-refractivity contribution < 1.29 is 33.4 Å². The van der Waals surface area contributed by atoms with Crippen LogP contribution in [-0.2, 0) is 28.6 Å². The molecule has 0 saturated carbocycles. The number of benzene rings is 1. The highest BCUT2D eigenvalue weighted by atomic mass is 35.5. The van der Waals surface area contributed by atoms with E-state index in [1.807, 2.05) is 6.07 Å². The van der Waals surface area contributed by atoms with Crippen LogP contribution < -0.4 is 10.9 Å². The largest absolute Gasteiger partial charge is 0.459 e. The predicted octanol–water partition coefficient (Wildman–Crippen LogP) is 2.97. The lowest BCUT2D eigenvalue weighted by Crippen LogP contribution is -2.47. The molecule has 38 heavy (non-hydrogen) atoms. The molecule has 202 valence electrons. The van der Waals surface area contributed by atoms with E-state index in [0.29, 0.717) is 16.8 Å². The summed E-state index contributed by atoms with van der Waals surface area (Å²) < 4.78 is 16.6. The Balaban J connectivity index is 1.99. The van der Waals surface area contributed by atoms with E-state index in [-0.39, 0.29) is 16.2 Å². The van der Waals surface area contributed by atoms with Crippen LogP contribution in [0.25, 0.3) is 5.57 Å². The fraction of sp³-hybridized carbons (Fsp3) is 0.370. The van der Waals surface area contributed by atoms with Crippen LogP contribution in [0.2, 0.25) is 5.02 Å². The average Bonchev–Trinajstić information content (AvgIpc) is 2.91. The van der Waals surface area contributed by atoms with Crippen LogP contribution in [-0.4, -0.2) is 53.7 Å². The van der Waals surface area contributed by atoms with Crippen molar-refractivity contribution in [3.05, 3.63) is 74.2 Å². The van der Waals surface area contributed by atoms with Gasteiger partial charge in [0.25, 0.3) is 11.5 Å². The molecule has 1 aliphatic rings. The number of halogens is 1. The smallest absolute Gasteiger partial charge is 0.338 e. The van der Waals surface area contributed by atoms with Gasteiger partial charge in [-0.05, 0) is 38.0 Å². The van der Waals surface area contributed by atoms with Crippen molar-refractivity contribution in [3.8, 4) is 0 Å². The van der Waals surface area contributed by atoms with Crippen LogP contribution in [0.4, 0.5) is 0 Å². The molecular formula is C27H29ClN2O8. The third-order valence-electron chi connectivity index (χ3n) is 5.95. The molecule has 1 amide bonds. The maximum absolute atomic E-state index is 13.4. The van der Waals surface area contributed by atoms with Gasteiger partial charge in [0.1, 0.15) is 18.3 Å². The van der Waals surface area contributed by atoms with E-state index in [0.717, 1.165) is 0 Å². The van der Waals surface area contributed by atoms with Gasteiger partial charge >= 0.3 is 17.9 Å². The lowest BCUT2D eigenvalue weighted by molar-refractivity contribution is -0.166. The van der Waals surface area contributed by atoms with Gasteiger partial charge in [-0.15, -0.1) is 0 Å². The van der Waals surface area contributed by atoms with E-state index in [1.165, 1.54) is 13.0 Å². The number of allylic oxidation sites excluding steroid dienone is 1. The number of pyridine rings is 1. The highest BCUT2D eigenvalue weighted by Crippen LogP contribution is 2.28. The molecule has 0 aliphatic carbocycles. The summed E-state index contributed by atoms with van der Waals surface area (Å²) in [5.74, 6) is -3.85. The number of aromatic amines is 1. The second kappa shape index (κ2) is 12.1. The SMILES string of the molecule is C/C(=C1\C(=O)OC[C@H](NC(=O)c2cc(Cl)c(C)[nH]c2=O)C(=O)O[C@@H](C)[C@@H]1OC(=O)C(C)C)c1ccccc1. The van der Waals surface area contributed by atoms with Crippen LogP contribution in [0.3, 0.4) is 0 Å². The topological polar surface area (TPSA) is 141 Å². The van der Waals surface area contributed by atoms with Crippen molar-refractivity contribution >= 4 is 41.0 Å². The molecule has 2 N–H and O–H groups in total. The van der Waals surface area contributed by atoms with Crippen molar-refractivity contribution in [2.45, 2.75) is 52.9 Å². The molecule has 1 aromatic heterocycles. The molecule has 2 aromatic rings. The number of aromatic nitrogens is 1. The van der Waals surface area contributed by atoms with Gasteiger partial charge in [0.05, 0.1) is 16.5 Å². The number of H-pyrrole nitrogens is 1. The third-order valence-corrected chi connectivity index (χ3v) is 6.34. The first-order valence-electron chi connectivity index (χ1n) is 11.9. The molecule has 3 atom stereocenters. The number of carbonyl (C=O) groups excluding carboxylic acids is 4. The summed E-state index contributed by atoms with van der Waals surface area (Å²) in [5.41, 5.74) is 0.450. The predicted molar refractivity (Wildman–Crippen MR) is 138 cm³/mol. The van der Waals surface area contributed by atoms with Gasteiger partial charge < -0.3 is 24.5 Å². The van der Waals surface area contributed by atoms with Crippen molar-refractivity contribution in [1.29, 1.82) is 0 Å². The Hall–Kier alpha value is -3.92. The molecule has 0 radical (unpaired) electrons. The van der Waals surface area contributed by atoms with Crippen molar-refractivity contribution in [1.82, 2.24) is 10.3 Å². The Morgan fingerprint density at radius 3 is 2.45 bits per heavy atom. The average molecular weight is 545 g/mol. The molecule has 3 rings (SSSR count). The maximum atomic E-state index is 13.4. The first kappa shape index (κ1) is 28.6. The number of ether oxygens (including phenoxy) is 3. The van der Waals surface area contributed by atoms with Crippen LogP contribution in [0.5, 0.6) is 0 Å². The number of cyclic esters (lactones) is 2. The minimum absolute atomic E-state index is 0.000706. The van der Waals surface area contributed by atoms with Gasteiger partial charge in [-0.3, -0.25) is 14.4 Å². The number of hydrogen-bond donors (Lipinski definition) is 2. The van der Waals surface area contributed by atoms with Gasteiger partial charge in [-0.25, -0.2) is 9.59 Å². The van der Waals surface area contributed by atoms with E-state index in [9.17, 15) is 24.0 Å². The Bertz CT molecular complexity index is 1330. The minimum atomic E-state index is -1.45. The Labute approximate surface area is 224 Å². The maximum Gasteiger partial charge on any atom is 0.338 e. The summed E-state index contributed by atoms with van der Waals surface area (Å²) >= 11 is 6.03. The first-order valence-corrected chi connectivity index (χ1v) is 12.3. The highest BCUT2D eigenvalue weighted by Gasteiger charge is 2.39. The van der Waals surface area contributed by atoms with Crippen molar-refractivity contribution in [3.63, 3.8) is 0 Å². The molecule has 0 unspecified atom stereocenters. The van der Waals surface area contributed by atoms with Gasteiger partial charge in [0, 0.05) is 5.69 Å². The van der Waals surface area contributed by atoms with Crippen molar-refractivity contribution in [2.24, 2.45) is 5.92 Å². The Kier molecular flexibility index (Phi) is 9.11. The van der Waals surface area contributed by atoms with E-state index < -0.39 is 60.1 Å². The van der Waals surface area contributed by atoms with E-state index >= 15 is 0 Å². The number of amides is 1. The molecule has 2 heterocycles. The fourth-order valence-corrected chi connectivity index (χ4v) is 3.87. The molecule has 11 heteroatoms. The minimum Gasteiger partial charge on any atom is -0.459 e. The van der Waals surface area contributed by atoms with E-state index in [2.05, 4.69) is 10.3 Å². The lowest BCUT2D eigenvalue weighted by atomic mass is 9.95. The Morgan fingerprint density at radius 2 is 1.82 bits per heavy atom. The molecule has 0 spiro atoms. The van der Waals surface area contributed by atoms with Gasteiger partial charge in [0.15, 0.2) is 12.1 Å². The number of rotatable bonds is 5. The zero-order valence-electron chi connectivity index (χ0n) is 21.6. The summed E-state index contributed by atoms with van der Waals surface area (Å²) in [4.78, 5) is 66.5. The summed E-state index contributed by atoms with van der Waals surface area (Å²) in [6, 6.07) is 8.63. The standard InChI is InChI=1S/C27H29ClN2O8/c1-13(2)25(33)38-22-16(5)37-26(34)20(30-24(32)18-11-19(28)15(4)29-23(18)31)12-36-27(35)21(22)14(3)17-9-7-6-8-10-17/h6-11,13,16,20,22H,12H2,1-5H3,(H,29,31)(H,30,32)/b21-14+/t16-,20-,22-/m0/s1. The van der Waals surface area contributed by atoms with Crippen molar-refractivity contribution in [2.75, 3.05) is 6.61 Å². The normalized spacial score (nSPS) is 21.4. The Morgan fingerprint density at radius 1 is 1.16 bits per heavy atom. The summed E-state index contributed by atoms with van der Waals surface area (Å²) in [7, 11) is 0. The second-order valence-corrected chi connectivity index (χ2v) is 9.58. The highest BCUT2D eigenvalue weighted by molar-refractivity contribution is 6.31. The number of hydrogen-bond acceptors (Lipinski definition) is 8. The first-order chi connectivity index (χ1) is 17.9. The quantitative estimate of drug-likeness (QED) is 0.332. The fourth-order valence-electron chi connectivity index (χ4n) is 3.71. The monoisotopic (exact) mass is 544 g/mol. The number of aryl methyl sites for hydroxylation is 1. The number of carbonyl (C=O) groups is 4. The van der Waals surface area contributed by atoms with Gasteiger partial charge in [-0.1, -0.05) is 55.8 Å². The number of esters is 3. The number of nitrogens with one attached hydrogen (secondary N) is 2. The van der Waals surface area contributed by atoms with Crippen LogP contribution >= 0.6 is 11.6 Å². The molecule has 1 fully saturated rings. The molecule has 0 bridgehead atoms. The molecule has 1 aliphatic heterocycles.